The van der Waals surface area contributed by atoms with E-state index in [-0.39, 0.29) is 40.6 Å². The Hall–Kier alpha value is -13.6. The molecule has 5 aromatic carbocycles. The lowest BCUT2D eigenvalue weighted by atomic mass is 9.90. The van der Waals surface area contributed by atoms with Crippen LogP contribution in [0.5, 0.6) is 0 Å². The van der Waals surface area contributed by atoms with E-state index in [0.29, 0.717) is 119 Å². The summed E-state index contributed by atoms with van der Waals surface area (Å²) in [5, 5.41) is 26.4. The molecule has 6 aliphatic rings. The molecule has 1 atom stereocenters. The van der Waals surface area contributed by atoms with Crippen LogP contribution in [0, 0.1) is 32.5 Å². The van der Waals surface area contributed by atoms with Gasteiger partial charge in [-0.2, -0.15) is 20.1 Å². The molecule has 27 nitrogen and oxygen atoms in total. The summed E-state index contributed by atoms with van der Waals surface area (Å²) in [6.07, 6.45) is 27.2. The van der Waals surface area contributed by atoms with Crippen molar-refractivity contribution in [1.82, 2.24) is 93.8 Å². The Morgan fingerprint density at radius 2 is 1.12 bits per heavy atom. The van der Waals surface area contributed by atoms with Crippen LogP contribution < -0.4 is 43.3 Å². The fourth-order valence-corrected chi connectivity index (χ4v) is 19.7. The summed E-state index contributed by atoms with van der Waals surface area (Å²) < 4.78 is 27.9. The monoisotopic (exact) mass is 1770 g/mol. The van der Waals surface area contributed by atoms with Crippen molar-refractivity contribution in [3.05, 3.63) is 288 Å². The lowest BCUT2D eigenvalue weighted by molar-refractivity contribution is -0.130. The molecule has 0 spiro atoms. The van der Waals surface area contributed by atoms with Crippen LogP contribution in [0.3, 0.4) is 0 Å². The number of likely N-dealkylation sites (N-methyl/N-ethyl adjacent to an activating group) is 1. The van der Waals surface area contributed by atoms with Gasteiger partial charge in [0, 0.05) is 162 Å². The fourth-order valence-electron chi connectivity index (χ4n) is 19.1. The summed E-state index contributed by atoms with van der Waals surface area (Å²) in [6.45, 7) is 15.5. The van der Waals surface area contributed by atoms with Crippen molar-refractivity contribution in [3.8, 4) is 50.2 Å². The molecule has 666 valence electrons. The zero-order chi connectivity index (χ0) is 89.4. The minimum absolute atomic E-state index is 0.0808. The Morgan fingerprint density at radius 3 is 1.73 bits per heavy atom. The molecule has 1 aliphatic carbocycles. The highest BCUT2D eigenvalue weighted by molar-refractivity contribution is 7.09. The fraction of sp³-hybridized carbons (Fsp3) is 0.324. The number of hydrogen-bond acceptors (Lipinski definition) is 23. The summed E-state index contributed by atoms with van der Waals surface area (Å²) in [4.78, 5) is 106. The van der Waals surface area contributed by atoms with E-state index in [1.807, 2.05) is 127 Å². The zero-order valence-electron chi connectivity index (χ0n) is 74.0. The first kappa shape index (κ1) is 86.8. The number of carbonyl (C=O) groups is 1. The van der Waals surface area contributed by atoms with Gasteiger partial charge in [0.05, 0.1) is 34.6 Å². The first-order valence-electron chi connectivity index (χ1n) is 45.6. The number of likely N-dealkylation sites (tertiary alicyclic amines) is 2. The molecule has 0 bridgehead atoms. The van der Waals surface area contributed by atoms with Crippen LogP contribution in [0.4, 0.5) is 39.3 Å². The molecule has 1 saturated carbocycles. The molecule has 5 aliphatic heterocycles. The van der Waals surface area contributed by atoms with Crippen LogP contribution in [0.2, 0.25) is 0 Å². The normalized spacial score (nSPS) is 16.3. The molecule has 10 aromatic heterocycles. The number of amides is 1. The smallest absolute Gasteiger partial charge is 0.260 e. The van der Waals surface area contributed by atoms with Crippen molar-refractivity contribution in [2.45, 2.75) is 135 Å². The van der Waals surface area contributed by atoms with Gasteiger partial charge in [-0.1, -0.05) is 85.6 Å². The zero-order valence-corrected chi connectivity index (χ0v) is 74.9. The molecule has 0 radical (unpaired) electrons. The van der Waals surface area contributed by atoms with Gasteiger partial charge >= 0.3 is 0 Å². The molecule has 5 fully saturated rings. The number of hydrogen-bond donors (Lipinski definition) is 5. The summed E-state index contributed by atoms with van der Waals surface area (Å²) in [5.74, 6) is 3.35. The average molecular weight is 1770 g/mol. The second kappa shape index (κ2) is 39.4. The Labute approximate surface area is 761 Å². The van der Waals surface area contributed by atoms with Gasteiger partial charge in [0.25, 0.3) is 16.7 Å². The van der Waals surface area contributed by atoms with E-state index >= 15 is 4.39 Å². The predicted octanol–water partition coefficient (Wildman–Crippen LogP) is 17.2. The van der Waals surface area contributed by atoms with Gasteiger partial charge in [0.1, 0.15) is 40.1 Å². The molecule has 1 amide bonds. The molecular formula is C102H105FN22O5S. The van der Waals surface area contributed by atoms with Crippen molar-refractivity contribution < 1.29 is 13.9 Å². The Bertz CT molecular complexity index is 6870. The average Bonchev–Trinajstić information content (AvgIpc) is 1.47. The number of rotatable bonds is 21. The third-order valence-corrected chi connectivity index (χ3v) is 27.0. The summed E-state index contributed by atoms with van der Waals surface area (Å²) in [5.41, 5.74) is 16.6. The second-order valence-corrected chi connectivity index (χ2v) is 35.9. The molecular weight excluding hydrogens is 1660 g/mol. The maximum absolute atomic E-state index is 15.6. The molecule has 15 heterocycles. The number of benzene rings is 5. The second-order valence-electron chi connectivity index (χ2n) is 34.9. The van der Waals surface area contributed by atoms with Crippen LogP contribution in [0.15, 0.2) is 221 Å². The summed E-state index contributed by atoms with van der Waals surface area (Å²) in [6, 6.07) is 49.1. The number of anilines is 6. The number of aromatic nitrogens is 15. The Kier molecular flexibility index (Phi) is 26.1. The predicted molar refractivity (Wildman–Crippen MR) is 514 cm³/mol. The maximum atomic E-state index is 15.6. The number of nitrogens with zero attached hydrogens (tertiary/aromatic N) is 17. The number of ether oxygens (including phenoxy) is 1. The minimum atomic E-state index is -0.458. The number of para-hydroxylation sites is 1. The third kappa shape index (κ3) is 19.5. The first-order valence-corrected chi connectivity index (χ1v) is 46.5. The first-order chi connectivity index (χ1) is 64.1. The molecule has 5 N–H and O–H groups in total. The molecule has 15 aromatic rings. The highest BCUT2D eigenvalue weighted by Gasteiger charge is 2.30. The van der Waals surface area contributed by atoms with Crippen molar-refractivity contribution in [2.24, 2.45) is 5.92 Å². The Balaban J connectivity index is 0.000000127. The largest absolute Gasteiger partial charge is 0.381 e. The van der Waals surface area contributed by atoms with Gasteiger partial charge in [0.2, 0.25) is 23.8 Å². The van der Waals surface area contributed by atoms with Crippen molar-refractivity contribution >= 4 is 90.8 Å². The van der Waals surface area contributed by atoms with E-state index < -0.39 is 5.82 Å². The van der Waals surface area contributed by atoms with Crippen LogP contribution in [0.25, 0.3) is 88.9 Å². The van der Waals surface area contributed by atoms with Gasteiger partial charge in [-0.15, -0.1) is 11.3 Å². The highest BCUT2D eigenvalue weighted by Crippen LogP contribution is 2.38. The van der Waals surface area contributed by atoms with E-state index in [2.05, 4.69) is 118 Å². The van der Waals surface area contributed by atoms with E-state index in [0.717, 1.165) is 175 Å². The number of nitrogens with one attached hydrogen (secondary N) is 5. The number of pyridine rings is 4. The van der Waals surface area contributed by atoms with Gasteiger partial charge in [-0.05, 0) is 254 Å². The van der Waals surface area contributed by atoms with E-state index in [4.69, 9.17) is 34.8 Å². The Morgan fingerprint density at radius 1 is 0.527 bits per heavy atom. The molecule has 1 unspecified atom stereocenters. The molecule has 29 heteroatoms. The molecule has 131 heavy (non-hydrogen) atoms. The van der Waals surface area contributed by atoms with Crippen LogP contribution in [-0.4, -0.2) is 162 Å². The number of piperidine rings is 1. The van der Waals surface area contributed by atoms with Crippen molar-refractivity contribution in [1.29, 1.82) is 0 Å². The third-order valence-electron chi connectivity index (χ3n) is 26.2. The molecule has 21 rings (SSSR count). The standard InChI is InChI=1S/C35H35FN6O2.C35H38N8O2.C32H32N8OS/c36-32-20-27(26-9-15-38-16-10-26)3-6-30(32)31-19-28-21-39-35(40-29-4-1-24(2-5-29)25-7-13-37-14-8-25)41-33(28)42(34(31)43)22-23-11-17-44-18-12-23;1-23-32(24(2)43(39-23)29-9-5-4-6-10-29)30-19-27-20-36-35(37-28-13-11-25(12-14-28)26-15-18-40(3)21-26)38-33(27)42(34(30)45)22-31(44)41-16-7-8-17-41;1-20-27(18-35-29(37-20)23-4-2-3-5-23)26-16-24-17-36-32(39-30(24)40(31(26)41)19-28-34-14-15-42-28)38-25-8-6-21(7-9-25)22-10-12-33-13-11-22/h1-6,9-10,15-16,19-21,23,25,37H,7-8,11-14,17-18,22H2,(H,39,40,41);4-6,9-14,19-20,26H,7-8,15-18,21-22H2,1-3H3,(H,36,37,38);6-10,14-18,23,33H,2-5,11-13,19H2,1H3,(H,36,38,39). The summed E-state index contributed by atoms with van der Waals surface area (Å²) >= 11 is 1.51. The van der Waals surface area contributed by atoms with Crippen molar-refractivity contribution in [3.63, 3.8) is 0 Å². The van der Waals surface area contributed by atoms with Gasteiger partial charge in [-0.25, -0.2) is 39.0 Å². The topological polar surface area (TPSA) is 306 Å². The lowest BCUT2D eigenvalue weighted by Crippen LogP contribution is -2.35. The SMILES string of the molecule is Cc1nc(C2CCCC2)ncc1-c1cc2cnc(Nc3ccc(C4=CCNCC4)cc3)nc2n(Cc2nccs2)c1=O.Cc1nn(-c2ccccc2)c(C)c1-c1cc2cnc(Nc3ccc(C4CCN(C)C4)cc3)nc2n(CC(=O)N2CCCC2)c1=O.O=c1c(-c2ccc(-c3ccncc3)cc2F)cc2cnc(Nc3ccc(C4CCNCC4)cc3)nc2n1CC1CCOCC1. The van der Waals surface area contributed by atoms with Crippen LogP contribution in [-0.2, 0) is 29.2 Å². The van der Waals surface area contributed by atoms with E-state index in [9.17, 15) is 19.2 Å². The number of halogens is 1. The number of thiazole rings is 1. The highest BCUT2D eigenvalue weighted by atomic mass is 32.1. The van der Waals surface area contributed by atoms with Gasteiger partial charge in [0.15, 0.2) is 0 Å². The van der Waals surface area contributed by atoms with Gasteiger partial charge < -0.3 is 41.1 Å². The van der Waals surface area contributed by atoms with Crippen molar-refractivity contribution in [2.75, 3.05) is 88.6 Å². The van der Waals surface area contributed by atoms with Crippen LogP contribution >= 0.6 is 11.3 Å². The van der Waals surface area contributed by atoms with E-state index in [1.54, 1.807) is 58.4 Å². The summed E-state index contributed by atoms with van der Waals surface area (Å²) in [7, 11) is 2.16. The van der Waals surface area contributed by atoms with Crippen LogP contribution in [0.1, 0.15) is 139 Å². The minimum Gasteiger partial charge on any atom is -0.381 e. The number of carbonyl (C=O) groups excluding carboxylic acids is 1. The van der Waals surface area contributed by atoms with Gasteiger partial charge in [-0.3, -0.25) is 37.9 Å². The lowest BCUT2D eigenvalue weighted by Gasteiger charge is -2.24. The number of fused-ring (bicyclic) bond motifs is 3. The molecule has 4 saturated heterocycles. The van der Waals surface area contributed by atoms with E-state index in [1.165, 1.54) is 63.5 Å². The number of aryl methyl sites for hydroxylation is 2. The maximum Gasteiger partial charge on any atom is 0.260 e. The quantitative estimate of drug-likeness (QED) is 0.0446.